The fourth-order valence-corrected chi connectivity index (χ4v) is 3.90. The lowest BCUT2D eigenvalue weighted by Gasteiger charge is -2.37. The molecule has 1 saturated heterocycles. The second kappa shape index (κ2) is 9.58. The molecule has 7 nitrogen and oxygen atoms in total. The summed E-state index contributed by atoms with van der Waals surface area (Å²) in [5, 5.41) is 3.28. The van der Waals surface area contributed by atoms with Crippen molar-refractivity contribution in [3.63, 3.8) is 0 Å². The number of aromatic nitrogens is 2. The highest BCUT2D eigenvalue weighted by Gasteiger charge is 2.26. The summed E-state index contributed by atoms with van der Waals surface area (Å²) in [6, 6.07) is 17.7. The first-order chi connectivity index (χ1) is 15.8. The van der Waals surface area contributed by atoms with Gasteiger partial charge < -0.3 is 19.9 Å². The molecular formula is C26H31N5O2. The minimum atomic E-state index is -0.181. The number of hydrogen-bond acceptors (Lipinski definition) is 6. The van der Waals surface area contributed by atoms with Crippen molar-refractivity contribution in [1.29, 1.82) is 0 Å². The summed E-state index contributed by atoms with van der Waals surface area (Å²) in [5.41, 5.74) is 3.37. The van der Waals surface area contributed by atoms with E-state index in [4.69, 9.17) is 9.72 Å². The number of morpholine rings is 1. The van der Waals surface area contributed by atoms with Crippen molar-refractivity contribution in [2.24, 2.45) is 0 Å². The van der Waals surface area contributed by atoms with Crippen LogP contribution in [0.2, 0.25) is 0 Å². The predicted octanol–water partition coefficient (Wildman–Crippen LogP) is 4.94. The van der Waals surface area contributed by atoms with E-state index in [-0.39, 0.29) is 11.4 Å². The van der Waals surface area contributed by atoms with Gasteiger partial charge in [-0.25, -0.2) is 4.98 Å². The van der Waals surface area contributed by atoms with Crippen LogP contribution < -0.4 is 10.2 Å². The molecule has 0 spiro atoms. The van der Waals surface area contributed by atoms with E-state index in [1.165, 1.54) is 0 Å². The molecule has 0 saturated carbocycles. The normalized spacial score (nSPS) is 14.1. The van der Waals surface area contributed by atoms with Gasteiger partial charge in [0.05, 0.1) is 13.2 Å². The predicted molar refractivity (Wildman–Crippen MR) is 132 cm³/mol. The van der Waals surface area contributed by atoms with Gasteiger partial charge in [0.15, 0.2) is 0 Å². The lowest BCUT2D eigenvalue weighted by molar-refractivity contribution is 0.0303. The molecule has 33 heavy (non-hydrogen) atoms. The number of ether oxygens (including phenoxy) is 1. The van der Waals surface area contributed by atoms with Crippen LogP contribution in [0, 0.1) is 6.92 Å². The van der Waals surface area contributed by atoms with Gasteiger partial charge in [0.1, 0.15) is 5.82 Å². The minimum absolute atomic E-state index is 0.0300. The van der Waals surface area contributed by atoms with Crippen LogP contribution in [0.5, 0.6) is 0 Å². The first-order valence-electron chi connectivity index (χ1n) is 11.3. The maximum absolute atomic E-state index is 12.7. The molecule has 1 aliphatic heterocycles. The van der Waals surface area contributed by atoms with E-state index in [1.807, 2.05) is 60.5 Å². The Balaban J connectivity index is 1.56. The molecule has 0 unspecified atom stereocenters. The number of anilines is 4. The Labute approximate surface area is 195 Å². The van der Waals surface area contributed by atoms with Gasteiger partial charge in [0.25, 0.3) is 5.91 Å². The summed E-state index contributed by atoms with van der Waals surface area (Å²) in [6.07, 6.45) is 1.84. The Bertz CT molecular complexity index is 1090. The zero-order valence-corrected chi connectivity index (χ0v) is 19.7. The Morgan fingerprint density at radius 2 is 1.70 bits per heavy atom. The number of hydrogen-bond donors (Lipinski definition) is 1. The van der Waals surface area contributed by atoms with Crippen LogP contribution in [0.15, 0.2) is 60.8 Å². The molecule has 4 rings (SSSR count). The molecule has 1 aliphatic rings. The number of benzene rings is 2. The van der Waals surface area contributed by atoms with Gasteiger partial charge >= 0.3 is 0 Å². The monoisotopic (exact) mass is 445 g/mol. The molecule has 1 N–H and O–H groups in total. The number of carbonyl (C=O) groups excluding carboxylic acids is 1. The Kier molecular flexibility index (Phi) is 6.60. The fourth-order valence-electron chi connectivity index (χ4n) is 3.90. The second-order valence-electron chi connectivity index (χ2n) is 9.15. The maximum Gasteiger partial charge on any atom is 0.254 e. The van der Waals surface area contributed by atoms with Crippen molar-refractivity contribution in [1.82, 2.24) is 14.9 Å². The third-order valence-electron chi connectivity index (χ3n) is 5.53. The molecule has 7 heteroatoms. The summed E-state index contributed by atoms with van der Waals surface area (Å²) in [6.45, 7) is 11.0. The highest BCUT2D eigenvalue weighted by Crippen LogP contribution is 2.34. The van der Waals surface area contributed by atoms with Crippen LogP contribution >= 0.6 is 0 Å². The van der Waals surface area contributed by atoms with E-state index in [1.54, 1.807) is 0 Å². The van der Waals surface area contributed by atoms with Crippen molar-refractivity contribution in [3.8, 4) is 0 Å². The number of para-hydroxylation sites is 1. The number of rotatable bonds is 5. The number of carbonyl (C=O) groups is 1. The van der Waals surface area contributed by atoms with Crippen LogP contribution in [-0.4, -0.2) is 52.6 Å². The standard InChI is InChI=1S/C26H31N5O2/c1-19-18-27-25(29-23(19)31(26(2,3)4)22-8-6-5-7-9-22)28-21-12-10-20(11-13-21)24(32)30-14-16-33-17-15-30/h5-13,18H,14-17H2,1-4H3,(H,27,28,29). The largest absolute Gasteiger partial charge is 0.378 e. The van der Waals surface area contributed by atoms with Crippen molar-refractivity contribution in [2.75, 3.05) is 36.5 Å². The lowest BCUT2D eigenvalue weighted by Crippen LogP contribution is -2.40. The third kappa shape index (κ3) is 5.31. The molecule has 2 heterocycles. The van der Waals surface area contributed by atoms with Gasteiger partial charge in [0, 0.05) is 47.3 Å². The fraction of sp³-hybridized carbons (Fsp3) is 0.346. The smallest absolute Gasteiger partial charge is 0.254 e. The van der Waals surface area contributed by atoms with Crippen LogP contribution in [0.1, 0.15) is 36.7 Å². The van der Waals surface area contributed by atoms with Crippen molar-refractivity contribution >= 4 is 29.0 Å². The van der Waals surface area contributed by atoms with Crippen molar-refractivity contribution in [2.45, 2.75) is 33.2 Å². The van der Waals surface area contributed by atoms with Gasteiger partial charge in [-0.3, -0.25) is 4.79 Å². The summed E-state index contributed by atoms with van der Waals surface area (Å²) >= 11 is 0. The SMILES string of the molecule is Cc1cnc(Nc2ccc(C(=O)N3CCOCC3)cc2)nc1N(c1ccccc1)C(C)(C)C. The van der Waals surface area contributed by atoms with E-state index < -0.39 is 0 Å². The van der Waals surface area contributed by atoms with Crippen molar-refractivity contribution in [3.05, 3.63) is 71.9 Å². The number of aryl methyl sites for hydroxylation is 1. The first-order valence-corrected chi connectivity index (χ1v) is 11.3. The molecule has 1 aromatic heterocycles. The second-order valence-corrected chi connectivity index (χ2v) is 9.15. The lowest BCUT2D eigenvalue weighted by atomic mass is 10.0. The quantitative estimate of drug-likeness (QED) is 0.600. The molecule has 2 aromatic carbocycles. The van der Waals surface area contributed by atoms with Crippen LogP contribution in [-0.2, 0) is 4.74 Å². The van der Waals surface area contributed by atoms with Crippen LogP contribution in [0.4, 0.5) is 23.1 Å². The molecule has 0 atom stereocenters. The molecule has 0 radical (unpaired) electrons. The van der Waals surface area contributed by atoms with Crippen LogP contribution in [0.3, 0.4) is 0 Å². The maximum atomic E-state index is 12.7. The topological polar surface area (TPSA) is 70.6 Å². The Morgan fingerprint density at radius 1 is 1.03 bits per heavy atom. The molecule has 0 bridgehead atoms. The van der Waals surface area contributed by atoms with E-state index >= 15 is 0 Å². The average Bonchev–Trinajstić information content (AvgIpc) is 2.82. The van der Waals surface area contributed by atoms with E-state index in [2.05, 4.69) is 48.1 Å². The molecule has 1 amide bonds. The van der Waals surface area contributed by atoms with E-state index in [0.29, 0.717) is 37.8 Å². The highest BCUT2D eigenvalue weighted by molar-refractivity contribution is 5.94. The average molecular weight is 446 g/mol. The number of nitrogens with zero attached hydrogens (tertiary/aromatic N) is 4. The van der Waals surface area contributed by atoms with Gasteiger partial charge in [0.2, 0.25) is 5.95 Å². The minimum Gasteiger partial charge on any atom is -0.378 e. The molecule has 1 fully saturated rings. The Morgan fingerprint density at radius 3 is 2.33 bits per heavy atom. The van der Waals surface area contributed by atoms with Gasteiger partial charge in [-0.15, -0.1) is 0 Å². The molecular weight excluding hydrogens is 414 g/mol. The molecule has 3 aromatic rings. The van der Waals surface area contributed by atoms with Gasteiger partial charge in [-0.1, -0.05) is 18.2 Å². The zero-order chi connectivity index (χ0) is 23.4. The first kappa shape index (κ1) is 22.7. The summed E-state index contributed by atoms with van der Waals surface area (Å²) in [4.78, 5) is 26.1. The van der Waals surface area contributed by atoms with Crippen molar-refractivity contribution < 1.29 is 9.53 Å². The molecule has 0 aliphatic carbocycles. The zero-order valence-electron chi connectivity index (χ0n) is 19.7. The number of nitrogens with one attached hydrogen (secondary N) is 1. The van der Waals surface area contributed by atoms with Gasteiger partial charge in [-0.05, 0) is 64.1 Å². The molecule has 172 valence electrons. The van der Waals surface area contributed by atoms with E-state index in [0.717, 1.165) is 22.8 Å². The summed E-state index contributed by atoms with van der Waals surface area (Å²) in [7, 11) is 0. The van der Waals surface area contributed by atoms with Crippen LogP contribution in [0.25, 0.3) is 0 Å². The highest BCUT2D eigenvalue weighted by atomic mass is 16.5. The number of amides is 1. The Hall–Kier alpha value is -3.45. The summed E-state index contributed by atoms with van der Waals surface area (Å²) in [5.74, 6) is 1.39. The van der Waals surface area contributed by atoms with Gasteiger partial charge in [-0.2, -0.15) is 4.98 Å². The van der Waals surface area contributed by atoms with E-state index in [9.17, 15) is 4.79 Å². The third-order valence-corrected chi connectivity index (χ3v) is 5.53. The summed E-state index contributed by atoms with van der Waals surface area (Å²) < 4.78 is 5.33.